The lowest BCUT2D eigenvalue weighted by Crippen LogP contribution is -2.03. The van der Waals surface area contributed by atoms with Gasteiger partial charge in [-0.15, -0.1) is 0 Å². The van der Waals surface area contributed by atoms with Crippen molar-refractivity contribution in [1.82, 2.24) is 9.97 Å². The monoisotopic (exact) mass is 431 g/mol. The molecule has 32 heavy (non-hydrogen) atoms. The Morgan fingerprint density at radius 1 is 1.00 bits per heavy atom. The number of aromatic amines is 1. The highest BCUT2D eigenvalue weighted by molar-refractivity contribution is 5.82. The lowest BCUT2D eigenvalue weighted by atomic mass is 10.1. The predicted molar refractivity (Wildman–Crippen MR) is 124 cm³/mol. The first kappa shape index (κ1) is 21.4. The second-order valence-electron chi connectivity index (χ2n) is 8.04. The largest absolute Gasteiger partial charge is 0.493 e. The molecular weight excluding hydrogens is 406 g/mol. The van der Waals surface area contributed by atoms with Gasteiger partial charge in [0, 0.05) is 11.6 Å². The van der Waals surface area contributed by atoms with E-state index in [-0.39, 0.29) is 23.8 Å². The van der Waals surface area contributed by atoms with E-state index in [4.69, 9.17) is 9.47 Å². The van der Waals surface area contributed by atoms with Gasteiger partial charge in [-0.2, -0.15) is 0 Å². The van der Waals surface area contributed by atoms with Crippen LogP contribution in [0.25, 0.3) is 22.4 Å². The Hall–Kier alpha value is -3.87. The molecule has 0 bridgehead atoms. The zero-order chi connectivity index (χ0) is 23.0. The quantitative estimate of drug-likeness (QED) is 0.300. The molecule has 1 aromatic heterocycles. The van der Waals surface area contributed by atoms with Crippen molar-refractivity contribution in [3.8, 4) is 22.9 Å². The SMILES string of the molecule is COc1cc(-c2nc3cc(C)c(C)cc3[nH]2)cc([N+](=O)[O-])c1OCc1cc(C)ccc1C. The Kier molecular flexibility index (Phi) is 5.57. The molecule has 0 spiro atoms. The summed E-state index contributed by atoms with van der Waals surface area (Å²) >= 11 is 0. The number of nitrogens with zero attached hydrogens (tertiary/aromatic N) is 2. The molecule has 0 fully saturated rings. The molecule has 4 rings (SSSR count). The Bertz CT molecular complexity index is 1300. The van der Waals surface area contributed by atoms with E-state index < -0.39 is 4.92 Å². The maximum Gasteiger partial charge on any atom is 0.315 e. The van der Waals surface area contributed by atoms with Crippen LogP contribution in [0.3, 0.4) is 0 Å². The standard InChI is InChI=1S/C25H25N3O4/c1-14-6-7-15(2)19(8-14)13-32-24-22(28(29)30)11-18(12-23(24)31-5)25-26-20-9-16(3)17(4)10-21(20)27-25/h6-12H,13H2,1-5H3,(H,26,27). The summed E-state index contributed by atoms with van der Waals surface area (Å²) in [6.45, 7) is 8.24. The normalized spacial score (nSPS) is 11.0. The van der Waals surface area contributed by atoms with Gasteiger partial charge in [0.05, 0.1) is 23.1 Å². The summed E-state index contributed by atoms with van der Waals surface area (Å²) in [6.07, 6.45) is 0. The van der Waals surface area contributed by atoms with Crippen LogP contribution < -0.4 is 9.47 Å². The van der Waals surface area contributed by atoms with Crippen LogP contribution in [-0.2, 0) is 6.61 Å². The van der Waals surface area contributed by atoms with E-state index in [0.717, 1.165) is 38.9 Å². The van der Waals surface area contributed by atoms with Gasteiger partial charge in [0.25, 0.3) is 0 Å². The maximum atomic E-state index is 11.9. The fraction of sp³-hybridized carbons (Fsp3) is 0.240. The number of aryl methyl sites for hydroxylation is 4. The number of fused-ring (bicyclic) bond motifs is 1. The summed E-state index contributed by atoms with van der Waals surface area (Å²) in [4.78, 5) is 19.3. The summed E-state index contributed by atoms with van der Waals surface area (Å²) in [5, 5.41) is 11.9. The molecule has 1 N–H and O–H groups in total. The van der Waals surface area contributed by atoms with Crippen LogP contribution in [-0.4, -0.2) is 22.0 Å². The van der Waals surface area contributed by atoms with Crippen LogP contribution in [0, 0.1) is 37.8 Å². The number of nitro benzene ring substituents is 1. The van der Waals surface area contributed by atoms with Crippen LogP contribution in [0.1, 0.15) is 27.8 Å². The van der Waals surface area contributed by atoms with Crippen LogP contribution in [0.15, 0.2) is 42.5 Å². The second kappa shape index (κ2) is 8.34. The molecule has 0 unspecified atom stereocenters. The smallest absolute Gasteiger partial charge is 0.315 e. The number of hydrogen-bond acceptors (Lipinski definition) is 5. The van der Waals surface area contributed by atoms with Crippen LogP contribution >= 0.6 is 0 Å². The fourth-order valence-corrected chi connectivity index (χ4v) is 3.67. The number of imidazole rings is 1. The first-order valence-corrected chi connectivity index (χ1v) is 10.3. The Morgan fingerprint density at radius 3 is 2.47 bits per heavy atom. The lowest BCUT2D eigenvalue weighted by molar-refractivity contribution is -0.386. The molecular formula is C25H25N3O4. The molecule has 0 aliphatic carbocycles. The highest BCUT2D eigenvalue weighted by Gasteiger charge is 2.24. The number of nitrogens with one attached hydrogen (secondary N) is 1. The number of methoxy groups -OCH3 is 1. The van der Waals surface area contributed by atoms with Gasteiger partial charge in [0.1, 0.15) is 12.4 Å². The average molecular weight is 431 g/mol. The fourth-order valence-electron chi connectivity index (χ4n) is 3.67. The second-order valence-corrected chi connectivity index (χ2v) is 8.04. The average Bonchev–Trinajstić information content (AvgIpc) is 3.16. The van der Waals surface area contributed by atoms with Gasteiger partial charge in [0.15, 0.2) is 5.75 Å². The molecule has 0 aliphatic rings. The van der Waals surface area contributed by atoms with Crippen molar-refractivity contribution in [3.05, 3.63) is 80.4 Å². The zero-order valence-electron chi connectivity index (χ0n) is 18.8. The van der Waals surface area contributed by atoms with E-state index in [1.165, 1.54) is 13.2 Å². The summed E-state index contributed by atoms with van der Waals surface area (Å²) in [5.74, 6) is 0.921. The Morgan fingerprint density at radius 2 is 1.75 bits per heavy atom. The van der Waals surface area contributed by atoms with Crippen molar-refractivity contribution in [2.75, 3.05) is 7.11 Å². The molecule has 7 nitrogen and oxygen atoms in total. The first-order chi connectivity index (χ1) is 15.3. The van der Waals surface area contributed by atoms with Crippen LogP contribution in [0.2, 0.25) is 0 Å². The summed E-state index contributed by atoms with van der Waals surface area (Å²) in [6, 6.07) is 13.2. The third kappa shape index (κ3) is 4.01. The van der Waals surface area contributed by atoms with E-state index in [1.54, 1.807) is 6.07 Å². The molecule has 164 valence electrons. The Balaban J connectivity index is 1.76. The van der Waals surface area contributed by atoms with Gasteiger partial charge in [-0.1, -0.05) is 23.8 Å². The maximum absolute atomic E-state index is 11.9. The van der Waals surface area contributed by atoms with Crippen LogP contribution in [0.4, 0.5) is 5.69 Å². The number of rotatable bonds is 6. The first-order valence-electron chi connectivity index (χ1n) is 10.3. The number of aromatic nitrogens is 2. The minimum absolute atomic E-state index is 0.102. The number of H-pyrrole nitrogens is 1. The third-order valence-corrected chi connectivity index (χ3v) is 5.70. The number of hydrogen-bond donors (Lipinski definition) is 1. The Labute approximate surface area is 186 Å². The summed E-state index contributed by atoms with van der Waals surface area (Å²) in [7, 11) is 1.47. The minimum Gasteiger partial charge on any atom is -0.493 e. The van der Waals surface area contributed by atoms with Crippen molar-refractivity contribution in [1.29, 1.82) is 0 Å². The highest BCUT2D eigenvalue weighted by atomic mass is 16.6. The van der Waals surface area contributed by atoms with Crippen molar-refractivity contribution in [3.63, 3.8) is 0 Å². The van der Waals surface area contributed by atoms with Gasteiger partial charge in [-0.25, -0.2) is 4.98 Å². The molecule has 0 atom stereocenters. The molecule has 0 amide bonds. The van der Waals surface area contributed by atoms with Gasteiger partial charge in [0.2, 0.25) is 5.75 Å². The van der Waals surface area contributed by atoms with E-state index in [9.17, 15) is 10.1 Å². The molecule has 7 heteroatoms. The van der Waals surface area contributed by atoms with Gasteiger partial charge in [-0.05, 0) is 68.1 Å². The van der Waals surface area contributed by atoms with Gasteiger partial charge in [-0.3, -0.25) is 10.1 Å². The molecule has 3 aromatic carbocycles. The highest BCUT2D eigenvalue weighted by Crippen LogP contribution is 2.41. The molecule has 0 aliphatic heterocycles. The molecule has 0 saturated carbocycles. The topological polar surface area (TPSA) is 90.3 Å². The minimum atomic E-state index is -0.457. The zero-order valence-corrected chi connectivity index (χ0v) is 18.8. The number of nitro groups is 1. The van der Waals surface area contributed by atoms with Crippen molar-refractivity contribution < 1.29 is 14.4 Å². The van der Waals surface area contributed by atoms with E-state index in [0.29, 0.717) is 11.4 Å². The van der Waals surface area contributed by atoms with Gasteiger partial charge >= 0.3 is 5.69 Å². The van der Waals surface area contributed by atoms with Crippen molar-refractivity contribution >= 4 is 16.7 Å². The molecule has 4 aromatic rings. The van der Waals surface area contributed by atoms with E-state index in [1.807, 2.05) is 58.0 Å². The van der Waals surface area contributed by atoms with Gasteiger partial charge < -0.3 is 14.5 Å². The van der Waals surface area contributed by atoms with E-state index in [2.05, 4.69) is 9.97 Å². The summed E-state index contributed by atoms with van der Waals surface area (Å²) < 4.78 is 11.4. The van der Waals surface area contributed by atoms with E-state index >= 15 is 0 Å². The number of benzene rings is 3. The lowest BCUT2D eigenvalue weighted by Gasteiger charge is -2.14. The predicted octanol–water partition coefficient (Wildman–Crippen LogP) is 5.96. The summed E-state index contributed by atoms with van der Waals surface area (Å²) in [5.41, 5.74) is 7.47. The molecule has 0 radical (unpaired) electrons. The number of ether oxygens (including phenoxy) is 2. The van der Waals surface area contributed by atoms with Crippen molar-refractivity contribution in [2.45, 2.75) is 34.3 Å². The van der Waals surface area contributed by atoms with Crippen LogP contribution in [0.5, 0.6) is 11.5 Å². The molecule has 1 heterocycles. The molecule has 0 saturated heterocycles. The van der Waals surface area contributed by atoms with Crippen molar-refractivity contribution in [2.24, 2.45) is 0 Å². The third-order valence-electron chi connectivity index (χ3n) is 5.70.